The topological polar surface area (TPSA) is 68.0 Å². The maximum Gasteiger partial charge on any atom is 0.241 e. The number of aryl methyl sites for hydroxylation is 2. The molecule has 1 saturated heterocycles. The van der Waals surface area contributed by atoms with Crippen molar-refractivity contribution in [2.45, 2.75) is 39.3 Å². The predicted molar refractivity (Wildman–Crippen MR) is 108 cm³/mol. The summed E-state index contributed by atoms with van der Waals surface area (Å²) in [5.41, 5.74) is 4.18. The van der Waals surface area contributed by atoms with E-state index in [4.69, 9.17) is 0 Å². The molecule has 0 radical (unpaired) electrons. The van der Waals surface area contributed by atoms with Gasteiger partial charge in [-0.2, -0.15) is 5.10 Å². The first-order chi connectivity index (χ1) is 13.5. The zero-order valence-corrected chi connectivity index (χ0v) is 16.6. The number of nitrogens with one attached hydrogen (secondary N) is 1. The maximum absolute atomic E-state index is 12.9. The van der Waals surface area contributed by atoms with Gasteiger partial charge in [-0.3, -0.25) is 14.4 Å². The lowest BCUT2D eigenvalue weighted by atomic mass is 10.1. The maximum atomic E-state index is 12.9. The van der Waals surface area contributed by atoms with Crippen LogP contribution in [-0.2, 0) is 18.4 Å². The monoisotopic (exact) mass is 378 g/mol. The van der Waals surface area contributed by atoms with Gasteiger partial charge in [-0.05, 0) is 57.5 Å². The number of aromatic nitrogens is 4. The summed E-state index contributed by atoms with van der Waals surface area (Å²) in [5, 5.41) is 7.39. The Labute approximate surface area is 165 Å². The highest BCUT2D eigenvalue weighted by Gasteiger charge is 2.31. The summed E-state index contributed by atoms with van der Waals surface area (Å²) in [5.74, 6) is 0.995. The van der Waals surface area contributed by atoms with Crippen LogP contribution in [0.25, 0.3) is 5.69 Å². The van der Waals surface area contributed by atoms with E-state index < -0.39 is 0 Å². The average molecular weight is 378 g/mol. The van der Waals surface area contributed by atoms with E-state index in [1.54, 1.807) is 6.20 Å². The Morgan fingerprint density at radius 1 is 1.25 bits per heavy atom. The van der Waals surface area contributed by atoms with Crippen LogP contribution in [0.5, 0.6) is 0 Å². The largest absolute Gasteiger partial charge is 0.325 e. The van der Waals surface area contributed by atoms with Gasteiger partial charge in [0.2, 0.25) is 5.91 Å². The third-order valence-electron chi connectivity index (χ3n) is 5.62. The molecule has 1 aliphatic heterocycles. The van der Waals surface area contributed by atoms with Gasteiger partial charge in [0.05, 0.1) is 12.2 Å². The second kappa shape index (κ2) is 7.59. The number of carbonyl (C=O) groups is 1. The number of anilines is 1. The number of imidazole rings is 1. The van der Waals surface area contributed by atoms with E-state index in [-0.39, 0.29) is 11.9 Å². The summed E-state index contributed by atoms with van der Waals surface area (Å²) >= 11 is 0. The number of rotatable bonds is 5. The molecule has 28 heavy (non-hydrogen) atoms. The quantitative estimate of drug-likeness (QED) is 0.741. The molecule has 2 aromatic heterocycles. The lowest BCUT2D eigenvalue weighted by Gasteiger charge is -2.23. The highest BCUT2D eigenvalue weighted by molar-refractivity contribution is 5.95. The van der Waals surface area contributed by atoms with Crippen molar-refractivity contribution in [2.75, 3.05) is 11.9 Å². The Morgan fingerprint density at radius 3 is 2.68 bits per heavy atom. The van der Waals surface area contributed by atoms with Crippen LogP contribution in [0.4, 0.5) is 5.69 Å². The van der Waals surface area contributed by atoms with Gasteiger partial charge in [-0.15, -0.1) is 0 Å². The second-order valence-corrected chi connectivity index (χ2v) is 7.39. The Balaban J connectivity index is 1.42. The SMILES string of the molecule is Cc1nccn1-c1ccc(NC(=O)C2CCCN2Cc2cnn(C)c2C)cc1. The smallest absolute Gasteiger partial charge is 0.241 e. The fourth-order valence-corrected chi connectivity index (χ4v) is 3.81. The molecular formula is C21H26N6O. The first-order valence-corrected chi connectivity index (χ1v) is 9.65. The lowest BCUT2D eigenvalue weighted by molar-refractivity contribution is -0.120. The molecule has 7 nitrogen and oxygen atoms in total. The number of hydrogen-bond acceptors (Lipinski definition) is 4. The van der Waals surface area contributed by atoms with E-state index in [1.807, 2.05) is 59.9 Å². The highest BCUT2D eigenvalue weighted by Crippen LogP contribution is 2.23. The third-order valence-corrected chi connectivity index (χ3v) is 5.62. The summed E-state index contributed by atoms with van der Waals surface area (Å²) < 4.78 is 3.89. The molecule has 4 rings (SSSR count). The third kappa shape index (κ3) is 3.57. The normalized spacial score (nSPS) is 17.2. The molecule has 1 unspecified atom stereocenters. The van der Waals surface area contributed by atoms with E-state index in [1.165, 1.54) is 5.56 Å². The van der Waals surface area contributed by atoms with Crippen molar-refractivity contribution in [1.82, 2.24) is 24.2 Å². The number of hydrogen-bond donors (Lipinski definition) is 1. The number of benzene rings is 1. The van der Waals surface area contributed by atoms with Crippen LogP contribution >= 0.6 is 0 Å². The molecule has 1 aromatic carbocycles. The lowest BCUT2D eigenvalue weighted by Crippen LogP contribution is -2.39. The van der Waals surface area contributed by atoms with E-state index in [9.17, 15) is 4.79 Å². The summed E-state index contributed by atoms with van der Waals surface area (Å²) in [4.78, 5) is 19.4. The molecule has 146 valence electrons. The molecule has 3 aromatic rings. The van der Waals surface area contributed by atoms with Crippen molar-refractivity contribution in [3.8, 4) is 5.69 Å². The molecule has 1 amide bonds. The molecule has 0 bridgehead atoms. The first-order valence-electron chi connectivity index (χ1n) is 9.65. The minimum atomic E-state index is -0.102. The first kappa shape index (κ1) is 18.4. The number of likely N-dealkylation sites (tertiary alicyclic amines) is 1. The van der Waals surface area contributed by atoms with Crippen LogP contribution in [0.3, 0.4) is 0 Å². The van der Waals surface area contributed by atoms with Gasteiger partial charge < -0.3 is 9.88 Å². The van der Waals surface area contributed by atoms with E-state index in [0.717, 1.165) is 48.8 Å². The van der Waals surface area contributed by atoms with Crippen LogP contribution in [0, 0.1) is 13.8 Å². The predicted octanol–water partition coefficient (Wildman–Crippen LogP) is 2.83. The molecule has 0 aliphatic carbocycles. The van der Waals surface area contributed by atoms with Crippen LogP contribution in [0.2, 0.25) is 0 Å². The van der Waals surface area contributed by atoms with E-state index in [0.29, 0.717) is 0 Å². The van der Waals surface area contributed by atoms with Gasteiger partial charge >= 0.3 is 0 Å². The van der Waals surface area contributed by atoms with Crippen molar-refractivity contribution in [1.29, 1.82) is 0 Å². The zero-order valence-electron chi connectivity index (χ0n) is 16.6. The molecule has 3 heterocycles. The molecular weight excluding hydrogens is 352 g/mol. The Bertz CT molecular complexity index is 971. The van der Waals surface area contributed by atoms with Gasteiger partial charge in [0, 0.05) is 48.6 Å². The molecule has 1 N–H and O–H groups in total. The van der Waals surface area contributed by atoms with Crippen molar-refractivity contribution in [3.63, 3.8) is 0 Å². The van der Waals surface area contributed by atoms with Crippen molar-refractivity contribution in [2.24, 2.45) is 7.05 Å². The van der Waals surface area contributed by atoms with Gasteiger partial charge in [0.25, 0.3) is 0 Å². The van der Waals surface area contributed by atoms with E-state index >= 15 is 0 Å². The van der Waals surface area contributed by atoms with Crippen molar-refractivity contribution >= 4 is 11.6 Å². The molecule has 1 aliphatic rings. The van der Waals surface area contributed by atoms with Crippen LogP contribution in [-0.4, -0.2) is 42.7 Å². The van der Waals surface area contributed by atoms with Gasteiger partial charge in [-0.25, -0.2) is 4.98 Å². The number of carbonyl (C=O) groups excluding carboxylic acids is 1. The fraction of sp³-hybridized carbons (Fsp3) is 0.381. The number of amides is 1. The van der Waals surface area contributed by atoms with Crippen LogP contribution in [0.15, 0.2) is 42.9 Å². The van der Waals surface area contributed by atoms with Crippen molar-refractivity contribution < 1.29 is 4.79 Å². The highest BCUT2D eigenvalue weighted by atomic mass is 16.2. The fourth-order valence-electron chi connectivity index (χ4n) is 3.81. The minimum Gasteiger partial charge on any atom is -0.325 e. The van der Waals surface area contributed by atoms with Crippen LogP contribution in [0.1, 0.15) is 29.9 Å². The Kier molecular flexibility index (Phi) is 5.00. The summed E-state index contributed by atoms with van der Waals surface area (Å²) in [6.07, 6.45) is 7.54. The molecule has 0 saturated carbocycles. The molecule has 7 heteroatoms. The number of nitrogens with zero attached hydrogens (tertiary/aromatic N) is 5. The van der Waals surface area contributed by atoms with Crippen molar-refractivity contribution in [3.05, 3.63) is 59.9 Å². The average Bonchev–Trinajstić information content (AvgIpc) is 3.40. The van der Waals surface area contributed by atoms with Gasteiger partial charge in [-0.1, -0.05) is 0 Å². The minimum absolute atomic E-state index is 0.0607. The van der Waals surface area contributed by atoms with Crippen LogP contribution < -0.4 is 5.32 Å². The standard InChI is InChI=1S/C21H26N6O/c1-15-17(13-23-25(15)3)14-26-11-4-5-20(26)21(28)24-18-6-8-19(9-7-18)27-12-10-22-16(27)2/h6-10,12-13,20H,4-5,11,14H2,1-3H3,(H,24,28). The van der Waals surface area contributed by atoms with Gasteiger partial charge in [0.15, 0.2) is 0 Å². The summed E-state index contributed by atoms with van der Waals surface area (Å²) in [6, 6.07) is 7.77. The Hall–Kier alpha value is -2.93. The zero-order chi connectivity index (χ0) is 19.7. The van der Waals surface area contributed by atoms with Gasteiger partial charge in [0.1, 0.15) is 5.82 Å². The molecule has 1 atom stereocenters. The molecule has 0 spiro atoms. The second-order valence-electron chi connectivity index (χ2n) is 7.39. The molecule has 1 fully saturated rings. The van der Waals surface area contributed by atoms with E-state index in [2.05, 4.69) is 27.2 Å². The Morgan fingerprint density at radius 2 is 2.04 bits per heavy atom. The summed E-state index contributed by atoms with van der Waals surface area (Å²) in [7, 11) is 1.95. The summed E-state index contributed by atoms with van der Waals surface area (Å²) in [6.45, 7) is 5.73.